The van der Waals surface area contributed by atoms with Crippen molar-refractivity contribution in [3.8, 4) is 0 Å². The van der Waals surface area contributed by atoms with Crippen molar-refractivity contribution in [3.05, 3.63) is 12.2 Å². The Morgan fingerprint density at radius 3 is 2.19 bits per heavy atom. The van der Waals surface area contributed by atoms with E-state index in [0.717, 1.165) is 12.5 Å². The third kappa shape index (κ3) is 9.31. The molecule has 0 saturated carbocycles. The molecular formula is C19H38N2. The van der Waals surface area contributed by atoms with Gasteiger partial charge in [-0.25, -0.2) is 0 Å². The summed E-state index contributed by atoms with van der Waals surface area (Å²) >= 11 is 0. The number of nitrogens with zero attached hydrogens (tertiary/aromatic N) is 2. The van der Waals surface area contributed by atoms with E-state index in [-0.39, 0.29) is 0 Å². The summed E-state index contributed by atoms with van der Waals surface area (Å²) in [6, 6.07) is 0. The molecule has 1 heterocycles. The van der Waals surface area contributed by atoms with E-state index in [9.17, 15) is 0 Å². The van der Waals surface area contributed by atoms with Gasteiger partial charge in [0.15, 0.2) is 0 Å². The fourth-order valence-electron chi connectivity index (χ4n) is 3.07. The maximum Gasteiger partial charge on any atom is 0.0164 e. The van der Waals surface area contributed by atoms with Crippen LogP contribution in [-0.2, 0) is 0 Å². The maximum absolute atomic E-state index is 2.59. The predicted octanol–water partition coefficient (Wildman–Crippen LogP) is 4.57. The molecule has 124 valence electrons. The van der Waals surface area contributed by atoms with E-state index in [2.05, 4.69) is 42.8 Å². The zero-order valence-electron chi connectivity index (χ0n) is 14.8. The zero-order valence-corrected chi connectivity index (χ0v) is 14.8. The number of rotatable bonds is 11. The summed E-state index contributed by atoms with van der Waals surface area (Å²) in [6.07, 6.45) is 16.1. The second-order valence-corrected chi connectivity index (χ2v) is 6.78. The lowest BCUT2D eigenvalue weighted by Gasteiger charge is -2.31. The van der Waals surface area contributed by atoms with E-state index in [1.807, 2.05) is 0 Å². The SMILES string of the molecule is CCCCCCC(/C=C/CN1CCN(C)CC1)CCCC. The lowest BCUT2D eigenvalue weighted by atomic mass is 9.95. The minimum absolute atomic E-state index is 0.828. The molecule has 1 aliphatic rings. The topological polar surface area (TPSA) is 6.48 Å². The lowest BCUT2D eigenvalue weighted by molar-refractivity contribution is 0.166. The predicted molar refractivity (Wildman–Crippen MR) is 94.9 cm³/mol. The van der Waals surface area contributed by atoms with Crippen molar-refractivity contribution in [1.29, 1.82) is 0 Å². The van der Waals surface area contributed by atoms with Gasteiger partial charge in [0.05, 0.1) is 0 Å². The number of hydrogen-bond donors (Lipinski definition) is 0. The molecular weight excluding hydrogens is 256 g/mol. The van der Waals surface area contributed by atoms with Gasteiger partial charge < -0.3 is 4.90 Å². The molecule has 2 heteroatoms. The molecule has 0 amide bonds. The summed E-state index contributed by atoms with van der Waals surface area (Å²) in [5.74, 6) is 0.828. The lowest BCUT2D eigenvalue weighted by Crippen LogP contribution is -2.44. The third-order valence-corrected chi connectivity index (χ3v) is 4.72. The van der Waals surface area contributed by atoms with Crippen LogP contribution in [0, 0.1) is 5.92 Å². The number of piperazine rings is 1. The van der Waals surface area contributed by atoms with Gasteiger partial charge >= 0.3 is 0 Å². The molecule has 1 rings (SSSR count). The Kier molecular flexibility index (Phi) is 10.9. The number of hydrogen-bond acceptors (Lipinski definition) is 2. The van der Waals surface area contributed by atoms with Gasteiger partial charge in [-0.1, -0.05) is 64.5 Å². The first-order valence-corrected chi connectivity index (χ1v) is 9.33. The van der Waals surface area contributed by atoms with Crippen molar-refractivity contribution in [3.63, 3.8) is 0 Å². The molecule has 2 nitrogen and oxygen atoms in total. The van der Waals surface area contributed by atoms with E-state index in [0.29, 0.717) is 0 Å². The van der Waals surface area contributed by atoms with Gasteiger partial charge in [0.2, 0.25) is 0 Å². The molecule has 0 aromatic rings. The Bertz CT molecular complexity index is 254. The van der Waals surface area contributed by atoms with Crippen LogP contribution in [0.25, 0.3) is 0 Å². The highest BCUT2D eigenvalue weighted by atomic mass is 15.2. The van der Waals surface area contributed by atoms with Crippen LogP contribution < -0.4 is 0 Å². The standard InChI is InChI=1S/C19H38N2/c1-4-6-8-9-12-19(11-7-5-2)13-10-14-21-17-15-20(3)16-18-21/h10,13,19H,4-9,11-12,14-18H2,1-3H3/b13-10+. The number of allylic oxidation sites excluding steroid dienone is 1. The maximum atomic E-state index is 2.59. The summed E-state index contributed by atoms with van der Waals surface area (Å²) in [5, 5.41) is 0. The molecule has 0 aromatic heterocycles. The van der Waals surface area contributed by atoms with Gasteiger partial charge in [-0.2, -0.15) is 0 Å². The van der Waals surface area contributed by atoms with Crippen LogP contribution in [0.3, 0.4) is 0 Å². The molecule has 21 heavy (non-hydrogen) atoms. The molecule has 0 spiro atoms. The highest BCUT2D eigenvalue weighted by Gasteiger charge is 2.12. The van der Waals surface area contributed by atoms with Crippen molar-refractivity contribution in [2.75, 3.05) is 39.8 Å². The van der Waals surface area contributed by atoms with Gasteiger partial charge in [-0.3, -0.25) is 4.90 Å². The van der Waals surface area contributed by atoms with Gasteiger partial charge in [0.25, 0.3) is 0 Å². The summed E-state index contributed by atoms with van der Waals surface area (Å²) < 4.78 is 0. The van der Waals surface area contributed by atoms with Crippen LogP contribution in [0.2, 0.25) is 0 Å². The van der Waals surface area contributed by atoms with Crippen molar-refractivity contribution in [2.24, 2.45) is 5.92 Å². The first-order valence-electron chi connectivity index (χ1n) is 9.33. The molecule has 1 atom stereocenters. The largest absolute Gasteiger partial charge is 0.304 e. The van der Waals surface area contributed by atoms with Crippen molar-refractivity contribution in [1.82, 2.24) is 9.80 Å². The Balaban J connectivity index is 2.24. The number of likely N-dealkylation sites (N-methyl/N-ethyl adjacent to an activating group) is 1. The van der Waals surface area contributed by atoms with E-state index >= 15 is 0 Å². The summed E-state index contributed by atoms with van der Waals surface area (Å²) in [5.41, 5.74) is 0. The van der Waals surface area contributed by atoms with Gasteiger partial charge in [-0.15, -0.1) is 0 Å². The summed E-state index contributed by atoms with van der Waals surface area (Å²) in [6.45, 7) is 10.7. The van der Waals surface area contributed by atoms with Crippen LogP contribution in [0.4, 0.5) is 0 Å². The molecule has 1 aliphatic heterocycles. The Labute approximate surface area is 133 Å². The minimum Gasteiger partial charge on any atom is -0.304 e. The highest BCUT2D eigenvalue weighted by molar-refractivity contribution is 4.91. The molecule has 0 N–H and O–H groups in total. The van der Waals surface area contributed by atoms with Crippen LogP contribution in [-0.4, -0.2) is 49.6 Å². The molecule has 1 saturated heterocycles. The normalized spacial score (nSPS) is 19.4. The smallest absolute Gasteiger partial charge is 0.0164 e. The second-order valence-electron chi connectivity index (χ2n) is 6.78. The first-order chi connectivity index (χ1) is 10.3. The quantitative estimate of drug-likeness (QED) is 0.407. The van der Waals surface area contributed by atoms with Gasteiger partial charge in [0.1, 0.15) is 0 Å². The van der Waals surface area contributed by atoms with Crippen molar-refractivity contribution in [2.45, 2.75) is 65.2 Å². The van der Waals surface area contributed by atoms with Crippen molar-refractivity contribution < 1.29 is 0 Å². The molecule has 0 aliphatic carbocycles. The first kappa shape index (κ1) is 18.7. The van der Waals surface area contributed by atoms with Crippen LogP contribution >= 0.6 is 0 Å². The number of unbranched alkanes of at least 4 members (excludes halogenated alkanes) is 4. The molecule has 0 radical (unpaired) electrons. The monoisotopic (exact) mass is 294 g/mol. The average Bonchev–Trinajstić information content (AvgIpc) is 2.50. The van der Waals surface area contributed by atoms with Crippen LogP contribution in [0.15, 0.2) is 12.2 Å². The van der Waals surface area contributed by atoms with Crippen LogP contribution in [0.5, 0.6) is 0 Å². The van der Waals surface area contributed by atoms with E-state index < -0.39 is 0 Å². The second kappa shape index (κ2) is 12.2. The van der Waals surface area contributed by atoms with Crippen LogP contribution in [0.1, 0.15) is 65.2 Å². The average molecular weight is 295 g/mol. The third-order valence-electron chi connectivity index (χ3n) is 4.72. The van der Waals surface area contributed by atoms with E-state index in [1.165, 1.54) is 77.5 Å². The fraction of sp³-hybridized carbons (Fsp3) is 0.895. The van der Waals surface area contributed by atoms with Crippen molar-refractivity contribution >= 4 is 0 Å². The molecule has 1 fully saturated rings. The zero-order chi connectivity index (χ0) is 15.3. The Morgan fingerprint density at radius 1 is 0.857 bits per heavy atom. The summed E-state index contributed by atoms with van der Waals surface area (Å²) in [7, 11) is 2.23. The Morgan fingerprint density at radius 2 is 1.52 bits per heavy atom. The Hall–Kier alpha value is -0.340. The minimum atomic E-state index is 0.828. The molecule has 0 aromatic carbocycles. The van der Waals surface area contributed by atoms with E-state index in [4.69, 9.17) is 0 Å². The highest BCUT2D eigenvalue weighted by Crippen LogP contribution is 2.18. The van der Waals surface area contributed by atoms with Gasteiger partial charge in [0, 0.05) is 32.7 Å². The molecule has 1 unspecified atom stereocenters. The van der Waals surface area contributed by atoms with E-state index in [1.54, 1.807) is 0 Å². The van der Waals surface area contributed by atoms with Gasteiger partial charge in [-0.05, 0) is 25.8 Å². The summed E-state index contributed by atoms with van der Waals surface area (Å²) in [4.78, 5) is 5.02. The fourth-order valence-corrected chi connectivity index (χ4v) is 3.07. The molecule has 0 bridgehead atoms.